The Morgan fingerprint density at radius 1 is 0.867 bits per heavy atom. The Morgan fingerprint density at radius 2 is 1.47 bits per heavy atom. The van der Waals surface area contributed by atoms with Crippen LogP contribution in [0.5, 0.6) is 0 Å². The van der Waals surface area contributed by atoms with Crippen LogP contribution < -0.4 is 5.32 Å². The third-order valence-electron chi connectivity index (χ3n) is 3.39. The standard InChI is InChI=1S/C20H35NO9/c1-12(2)21-18(25)9-8-10-26-20(28-13(3)4)19(30-16(7)24)17(29-15(6)23)11-27-14(5)22/h12-13,17,19-20H,8-11H2,1-7H3,(H,21,25)/t17-,19?,20?/m0/s1. The van der Waals surface area contributed by atoms with Crippen molar-refractivity contribution < 1.29 is 42.9 Å². The summed E-state index contributed by atoms with van der Waals surface area (Å²) in [5, 5.41) is 2.78. The normalized spacial score (nSPS) is 14.0. The van der Waals surface area contributed by atoms with Crippen molar-refractivity contribution in [1.82, 2.24) is 5.32 Å². The van der Waals surface area contributed by atoms with Crippen LogP contribution in [0.15, 0.2) is 0 Å². The fourth-order valence-electron chi connectivity index (χ4n) is 2.41. The second kappa shape index (κ2) is 14.7. The number of hydrogen-bond donors (Lipinski definition) is 1. The first-order valence-electron chi connectivity index (χ1n) is 9.96. The molecule has 0 aromatic heterocycles. The molecule has 0 rings (SSSR count). The molecule has 1 amide bonds. The summed E-state index contributed by atoms with van der Waals surface area (Å²) in [7, 11) is 0. The van der Waals surface area contributed by atoms with Crippen LogP contribution in [0.1, 0.15) is 61.3 Å². The first kappa shape index (κ1) is 27.8. The summed E-state index contributed by atoms with van der Waals surface area (Å²) in [6.45, 7) is 10.6. The highest BCUT2D eigenvalue weighted by molar-refractivity contribution is 5.76. The monoisotopic (exact) mass is 433 g/mol. The van der Waals surface area contributed by atoms with Crippen molar-refractivity contribution in [3.8, 4) is 0 Å². The minimum atomic E-state index is -1.18. The highest BCUT2D eigenvalue weighted by atomic mass is 16.7. The maximum Gasteiger partial charge on any atom is 0.303 e. The van der Waals surface area contributed by atoms with Crippen molar-refractivity contribution in [3.05, 3.63) is 0 Å². The second-order valence-corrected chi connectivity index (χ2v) is 7.27. The van der Waals surface area contributed by atoms with E-state index in [9.17, 15) is 19.2 Å². The van der Waals surface area contributed by atoms with Crippen molar-refractivity contribution in [1.29, 1.82) is 0 Å². The van der Waals surface area contributed by atoms with Gasteiger partial charge in [-0.15, -0.1) is 0 Å². The molecule has 0 spiro atoms. The van der Waals surface area contributed by atoms with E-state index in [0.29, 0.717) is 6.42 Å². The maximum absolute atomic E-state index is 11.8. The molecule has 30 heavy (non-hydrogen) atoms. The van der Waals surface area contributed by atoms with Gasteiger partial charge in [-0.25, -0.2) is 0 Å². The summed E-state index contributed by atoms with van der Waals surface area (Å²) in [6, 6.07) is 0.0366. The molecular formula is C20H35NO9. The smallest absolute Gasteiger partial charge is 0.303 e. The van der Waals surface area contributed by atoms with Gasteiger partial charge in [-0.05, 0) is 34.1 Å². The lowest BCUT2D eigenvalue weighted by molar-refractivity contribution is -0.245. The van der Waals surface area contributed by atoms with Gasteiger partial charge in [0.05, 0.1) is 12.7 Å². The van der Waals surface area contributed by atoms with Crippen LogP contribution in [-0.2, 0) is 42.9 Å². The average Bonchev–Trinajstić information content (AvgIpc) is 2.57. The molecule has 0 bridgehead atoms. The Morgan fingerprint density at radius 3 is 1.93 bits per heavy atom. The van der Waals surface area contributed by atoms with Crippen molar-refractivity contribution in [3.63, 3.8) is 0 Å². The van der Waals surface area contributed by atoms with E-state index in [1.54, 1.807) is 13.8 Å². The van der Waals surface area contributed by atoms with Crippen LogP contribution in [0.25, 0.3) is 0 Å². The minimum Gasteiger partial charge on any atom is -0.462 e. The van der Waals surface area contributed by atoms with Gasteiger partial charge in [0.25, 0.3) is 0 Å². The first-order valence-corrected chi connectivity index (χ1v) is 9.96. The number of esters is 3. The molecule has 0 heterocycles. The van der Waals surface area contributed by atoms with E-state index >= 15 is 0 Å². The molecular weight excluding hydrogens is 398 g/mol. The molecule has 0 aliphatic carbocycles. The zero-order chi connectivity index (χ0) is 23.3. The number of carbonyl (C=O) groups excluding carboxylic acids is 4. The third kappa shape index (κ3) is 13.9. The molecule has 3 atom stereocenters. The number of amides is 1. The molecule has 0 radical (unpaired) electrons. The average molecular weight is 433 g/mol. The van der Waals surface area contributed by atoms with Gasteiger partial charge in [0.1, 0.15) is 6.61 Å². The van der Waals surface area contributed by atoms with Gasteiger partial charge in [0.15, 0.2) is 18.5 Å². The summed E-state index contributed by atoms with van der Waals surface area (Å²) in [5.74, 6) is -2.01. The van der Waals surface area contributed by atoms with E-state index < -0.39 is 36.4 Å². The Bertz CT molecular complexity index is 562. The summed E-state index contributed by atoms with van der Waals surface area (Å²) >= 11 is 0. The molecule has 0 aromatic rings. The van der Waals surface area contributed by atoms with Gasteiger partial charge in [-0.3, -0.25) is 19.2 Å². The lowest BCUT2D eigenvalue weighted by atomic mass is 10.2. The van der Waals surface area contributed by atoms with E-state index in [-0.39, 0.29) is 37.7 Å². The maximum atomic E-state index is 11.8. The van der Waals surface area contributed by atoms with Crippen LogP contribution in [0, 0.1) is 0 Å². The van der Waals surface area contributed by atoms with Crippen molar-refractivity contribution in [2.75, 3.05) is 13.2 Å². The largest absolute Gasteiger partial charge is 0.462 e. The molecule has 0 saturated heterocycles. The van der Waals surface area contributed by atoms with Crippen LogP contribution in [0.4, 0.5) is 0 Å². The van der Waals surface area contributed by atoms with Gasteiger partial charge >= 0.3 is 17.9 Å². The van der Waals surface area contributed by atoms with Crippen LogP contribution in [-0.4, -0.2) is 67.7 Å². The van der Waals surface area contributed by atoms with Crippen LogP contribution >= 0.6 is 0 Å². The van der Waals surface area contributed by atoms with E-state index in [4.69, 9.17) is 23.7 Å². The van der Waals surface area contributed by atoms with Crippen molar-refractivity contribution >= 4 is 23.8 Å². The topological polar surface area (TPSA) is 126 Å². The van der Waals surface area contributed by atoms with Crippen LogP contribution in [0.2, 0.25) is 0 Å². The highest BCUT2D eigenvalue weighted by Gasteiger charge is 2.38. The van der Waals surface area contributed by atoms with Crippen molar-refractivity contribution in [2.45, 2.75) is 92.0 Å². The number of carbonyl (C=O) groups is 4. The molecule has 0 fully saturated rings. The summed E-state index contributed by atoms with van der Waals surface area (Å²) < 4.78 is 26.9. The van der Waals surface area contributed by atoms with Crippen molar-refractivity contribution in [2.24, 2.45) is 0 Å². The second-order valence-electron chi connectivity index (χ2n) is 7.27. The zero-order valence-electron chi connectivity index (χ0n) is 18.9. The SMILES string of the molecule is CC(=O)OC[C@H](OC(C)=O)C(OC(C)=O)C(OCCCC(=O)NC(C)C)OC(C)C. The predicted octanol–water partition coefficient (Wildman–Crippen LogP) is 1.49. The Hall–Kier alpha value is -2.20. The van der Waals surface area contributed by atoms with Crippen LogP contribution in [0.3, 0.4) is 0 Å². The fraction of sp³-hybridized carbons (Fsp3) is 0.800. The summed E-state index contributed by atoms with van der Waals surface area (Å²) in [5.41, 5.74) is 0. The van der Waals surface area contributed by atoms with E-state index in [1.165, 1.54) is 20.8 Å². The summed E-state index contributed by atoms with van der Waals surface area (Å²) in [6.07, 6.45) is -3.11. The Kier molecular flexibility index (Phi) is 13.7. The Labute approximate surface area is 177 Å². The lowest BCUT2D eigenvalue weighted by Crippen LogP contribution is -2.48. The van der Waals surface area contributed by atoms with Gasteiger partial charge in [0.2, 0.25) is 5.91 Å². The minimum absolute atomic E-state index is 0.0366. The number of rotatable bonds is 14. The molecule has 2 unspecified atom stereocenters. The quantitative estimate of drug-likeness (QED) is 0.188. The van der Waals surface area contributed by atoms with Gasteiger partial charge in [-0.1, -0.05) is 0 Å². The number of nitrogens with one attached hydrogen (secondary N) is 1. The number of hydrogen-bond acceptors (Lipinski definition) is 9. The zero-order valence-corrected chi connectivity index (χ0v) is 18.9. The fourth-order valence-corrected chi connectivity index (χ4v) is 2.41. The predicted molar refractivity (Wildman–Crippen MR) is 106 cm³/mol. The third-order valence-corrected chi connectivity index (χ3v) is 3.39. The molecule has 0 saturated carbocycles. The summed E-state index contributed by atoms with van der Waals surface area (Å²) in [4.78, 5) is 46.2. The van der Waals surface area contributed by atoms with E-state index in [1.807, 2.05) is 13.8 Å². The van der Waals surface area contributed by atoms with Gasteiger partial charge in [-0.2, -0.15) is 0 Å². The molecule has 1 N–H and O–H groups in total. The first-order chi connectivity index (χ1) is 13.9. The molecule has 0 aliphatic heterocycles. The van der Waals surface area contributed by atoms with Gasteiger partial charge < -0.3 is 29.0 Å². The highest BCUT2D eigenvalue weighted by Crippen LogP contribution is 2.18. The molecule has 174 valence electrons. The van der Waals surface area contributed by atoms with Gasteiger partial charge in [0, 0.05) is 33.2 Å². The Balaban J connectivity index is 5.30. The van der Waals surface area contributed by atoms with E-state index in [2.05, 4.69) is 5.32 Å². The molecule has 0 aromatic carbocycles. The molecule has 0 aliphatic rings. The number of ether oxygens (including phenoxy) is 5. The lowest BCUT2D eigenvalue weighted by Gasteiger charge is -2.32. The van der Waals surface area contributed by atoms with E-state index in [0.717, 1.165) is 0 Å². The molecule has 10 nitrogen and oxygen atoms in total. The molecule has 10 heteroatoms.